The number of aldehydes is 2. The highest BCUT2D eigenvalue weighted by Gasteiger charge is 2.30. The van der Waals surface area contributed by atoms with E-state index in [9.17, 15) is 43.2 Å². The van der Waals surface area contributed by atoms with Crippen LogP contribution < -0.4 is 0 Å². The number of phosphoric ester groups is 2. The van der Waals surface area contributed by atoms with Gasteiger partial charge >= 0.3 is 27.6 Å². The second kappa shape index (κ2) is 77.9. The van der Waals surface area contributed by atoms with E-state index in [-0.39, 0.29) is 26.1 Å². The third kappa shape index (κ3) is 76.9. The van der Waals surface area contributed by atoms with Crippen LogP contribution in [-0.4, -0.2) is 111 Å². The number of aliphatic hydroxyl groups excluding tert-OH is 1. The minimum atomic E-state index is -4.95. The lowest BCUT2D eigenvalue weighted by atomic mass is 10.1. The molecule has 2 unspecified atom stereocenters. The first-order chi connectivity index (χ1) is 49.9. The first-order valence-electron chi connectivity index (χ1n) is 39.7. The largest absolute Gasteiger partial charge is 0.472 e. The molecule has 102 heavy (non-hydrogen) atoms. The first-order valence-corrected chi connectivity index (χ1v) is 42.7. The highest BCUT2D eigenvalue weighted by Crippen LogP contribution is 2.45. The van der Waals surface area contributed by atoms with Crippen molar-refractivity contribution < 1.29 is 80.2 Å². The van der Waals surface area contributed by atoms with Crippen LogP contribution in [0, 0.1) is 0 Å². The summed E-state index contributed by atoms with van der Waals surface area (Å²) in [6.45, 7) is 2.31. The van der Waals surface area contributed by atoms with Gasteiger partial charge in [0.05, 0.1) is 33.0 Å². The Hall–Kier alpha value is -4.22. The van der Waals surface area contributed by atoms with Gasteiger partial charge in [0.2, 0.25) is 0 Å². The molecule has 0 aliphatic heterocycles. The van der Waals surface area contributed by atoms with Gasteiger partial charge in [0, 0.05) is 38.9 Å². The standard InChI is InChI=1S/C83H142O17P2/c1-3-5-7-9-11-13-15-17-19-21-25-31-37-43-49-55-61-67-82(87)95-76-81(100-83(88)68-62-56-50-44-38-32-26-22-20-18-16-14-12-10-8-6-4-2)78-99-102(91,92)97-74-79(86)73-96-101(89,90)98-77-80(94-72-66-60-54-48-42-36-30-28-34-40-46-52-58-64-70-85)75-93-71-65-59-53-47-41-35-29-24-23-27-33-39-45-51-57-63-69-84/h11-14,17-20,23,25-28,30-32,43-44,49-50,69-70,79-81,86H,3-10,15-16,21-22,24,29,33-42,45-48,51-68,71-78H2,1-2H3,(H,89,90)(H,91,92)/b13-11-,14-12-,19-17-,20-18-,27-23-,30-28-,31-25-,32-26-,49-43-,50-44-/t79-,80+,81+/m0/s1. The van der Waals surface area contributed by atoms with Gasteiger partial charge in [-0.05, 0) is 167 Å². The van der Waals surface area contributed by atoms with Crippen LogP contribution in [0.15, 0.2) is 122 Å². The number of hydrogen-bond acceptors (Lipinski definition) is 15. The molecule has 0 rings (SSSR count). The van der Waals surface area contributed by atoms with Gasteiger partial charge < -0.3 is 43.4 Å². The van der Waals surface area contributed by atoms with Gasteiger partial charge in [0.25, 0.3) is 0 Å². The number of hydrogen-bond donors (Lipinski definition) is 3. The fourth-order valence-electron chi connectivity index (χ4n) is 10.3. The molecular formula is C83H142O17P2. The molecule has 0 fully saturated rings. The molecule has 0 saturated heterocycles. The Bertz CT molecular complexity index is 2340. The van der Waals surface area contributed by atoms with Gasteiger partial charge in [-0.25, -0.2) is 9.13 Å². The van der Waals surface area contributed by atoms with Crippen molar-refractivity contribution in [2.45, 2.75) is 328 Å². The van der Waals surface area contributed by atoms with E-state index < -0.39 is 72.3 Å². The molecule has 0 spiro atoms. The summed E-state index contributed by atoms with van der Waals surface area (Å²) in [5.74, 6) is -1.17. The molecular weight excluding hydrogens is 1330 g/mol. The third-order valence-corrected chi connectivity index (χ3v) is 18.3. The molecule has 0 radical (unpaired) electrons. The van der Waals surface area contributed by atoms with E-state index >= 15 is 0 Å². The third-order valence-electron chi connectivity index (χ3n) is 16.4. The van der Waals surface area contributed by atoms with Crippen molar-refractivity contribution in [2.24, 2.45) is 0 Å². The van der Waals surface area contributed by atoms with E-state index in [1.165, 1.54) is 70.6 Å². The van der Waals surface area contributed by atoms with Crippen molar-refractivity contribution in [1.29, 1.82) is 0 Å². The maximum atomic E-state index is 13.1. The van der Waals surface area contributed by atoms with Crippen molar-refractivity contribution in [3.8, 4) is 0 Å². The zero-order chi connectivity index (χ0) is 74.3. The lowest BCUT2D eigenvalue weighted by Crippen LogP contribution is -2.30. The van der Waals surface area contributed by atoms with Crippen LogP contribution in [0.5, 0.6) is 0 Å². The lowest BCUT2D eigenvalue weighted by molar-refractivity contribution is -0.161. The van der Waals surface area contributed by atoms with Crippen molar-refractivity contribution in [3.63, 3.8) is 0 Å². The van der Waals surface area contributed by atoms with E-state index in [0.29, 0.717) is 51.7 Å². The number of carbonyl (C=O) groups excluding carboxylic acids is 4. The van der Waals surface area contributed by atoms with E-state index in [0.717, 1.165) is 186 Å². The summed E-state index contributed by atoms with van der Waals surface area (Å²) < 4.78 is 69.8. The number of unbranched alkanes of at least 4 members (excludes halogenated alkanes) is 30. The molecule has 0 saturated carbocycles. The minimum Gasteiger partial charge on any atom is -0.462 e. The summed E-state index contributed by atoms with van der Waals surface area (Å²) in [5, 5.41) is 10.6. The van der Waals surface area contributed by atoms with Crippen molar-refractivity contribution in [1.82, 2.24) is 0 Å². The summed E-state index contributed by atoms with van der Waals surface area (Å²) >= 11 is 0. The van der Waals surface area contributed by atoms with Crippen LogP contribution in [0.1, 0.15) is 309 Å². The second-order valence-electron chi connectivity index (χ2n) is 26.2. The topological polar surface area (TPSA) is 237 Å². The van der Waals surface area contributed by atoms with Gasteiger partial charge in [-0.15, -0.1) is 0 Å². The highest BCUT2D eigenvalue weighted by atomic mass is 31.2. The Balaban J connectivity index is 5.33. The molecule has 0 aliphatic rings. The van der Waals surface area contributed by atoms with Crippen LogP contribution in [0.25, 0.3) is 0 Å². The molecule has 0 aromatic carbocycles. The van der Waals surface area contributed by atoms with Crippen molar-refractivity contribution >= 4 is 40.2 Å². The average molecular weight is 1470 g/mol. The van der Waals surface area contributed by atoms with Crippen LogP contribution in [0.4, 0.5) is 0 Å². The van der Waals surface area contributed by atoms with Gasteiger partial charge in [0.15, 0.2) is 6.10 Å². The number of ether oxygens (including phenoxy) is 4. The van der Waals surface area contributed by atoms with Gasteiger partial charge in [-0.3, -0.25) is 27.7 Å². The summed E-state index contributed by atoms with van der Waals surface area (Å²) in [5.41, 5.74) is 0. The Morgan fingerprint density at radius 2 is 0.618 bits per heavy atom. The monoisotopic (exact) mass is 1470 g/mol. The molecule has 17 nitrogen and oxygen atoms in total. The molecule has 0 amide bonds. The van der Waals surface area contributed by atoms with Gasteiger partial charge in [-0.1, -0.05) is 238 Å². The number of rotatable bonds is 78. The number of phosphoric acid groups is 2. The molecule has 0 heterocycles. The normalized spacial score (nSPS) is 14.6. The van der Waals surface area contributed by atoms with Gasteiger partial charge in [0.1, 0.15) is 31.4 Å². The Morgan fingerprint density at radius 1 is 0.324 bits per heavy atom. The van der Waals surface area contributed by atoms with Crippen LogP contribution in [0.2, 0.25) is 0 Å². The SMILES string of the molecule is CCCCC/C=C\C/C=C\C/C=C\C/C=C\CCCC(=O)OC[C@H](COP(=O)(O)OC[C@@H](O)COP(=O)(O)OC[C@@H](COCCCCCCCCC/C=C\CCCCCCC=O)OCCCCCCC/C=C\CCCCCCC=O)OC(=O)CCC/C=C\C/C=C\C/C=C\C/C=C\CCCCC. The quantitative estimate of drug-likeness (QED) is 0.0169. The predicted molar refractivity (Wildman–Crippen MR) is 418 cm³/mol. The molecule has 0 aromatic rings. The van der Waals surface area contributed by atoms with E-state index in [2.05, 4.69) is 111 Å². The first kappa shape index (κ1) is 97.8. The number of esters is 2. The van der Waals surface area contributed by atoms with E-state index in [4.69, 9.17) is 37.0 Å². The number of aliphatic hydroxyl groups is 1. The van der Waals surface area contributed by atoms with E-state index in [1.807, 2.05) is 24.3 Å². The van der Waals surface area contributed by atoms with Crippen LogP contribution in [0.3, 0.4) is 0 Å². The highest BCUT2D eigenvalue weighted by molar-refractivity contribution is 7.47. The summed E-state index contributed by atoms with van der Waals surface area (Å²) in [7, 11) is -9.73. The zero-order valence-electron chi connectivity index (χ0n) is 63.6. The molecule has 0 aromatic heterocycles. The zero-order valence-corrected chi connectivity index (χ0v) is 65.4. The fraction of sp³-hybridized carbons (Fsp3) is 0.711. The van der Waals surface area contributed by atoms with Crippen LogP contribution in [-0.2, 0) is 65.4 Å². The molecule has 19 heteroatoms. The Morgan fingerprint density at radius 3 is 1.00 bits per heavy atom. The molecule has 586 valence electrons. The lowest BCUT2D eigenvalue weighted by Gasteiger charge is -2.21. The Labute approximate surface area is 619 Å². The van der Waals surface area contributed by atoms with Crippen molar-refractivity contribution in [3.05, 3.63) is 122 Å². The molecule has 0 bridgehead atoms. The number of allylic oxidation sites excluding steroid dienone is 20. The average Bonchev–Trinajstić information content (AvgIpc) is 0.923. The van der Waals surface area contributed by atoms with Crippen LogP contribution >= 0.6 is 15.6 Å². The maximum absolute atomic E-state index is 13.1. The molecule has 5 atom stereocenters. The Kier molecular flexibility index (Phi) is 74.6. The van der Waals surface area contributed by atoms with E-state index in [1.54, 1.807) is 0 Å². The predicted octanol–water partition coefficient (Wildman–Crippen LogP) is 22.4. The summed E-state index contributed by atoms with van der Waals surface area (Å²) in [6, 6.07) is 0. The summed E-state index contributed by atoms with van der Waals surface area (Å²) in [6.07, 6.45) is 86.0. The molecule has 3 N–H and O–H groups in total. The fourth-order valence-corrected chi connectivity index (χ4v) is 11.9. The molecule has 0 aliphatic carbocycles. The minimum absolute atomic E-state index is 0.0262. The smallest absolute Gasteiger partial charge is 0.462 e. The summed E-state index contributed by atoms with van der Waals surface area (Å²) in [4.78, 5) is 68.1. The second-order valence-corrected chi connectivity index (χ2v) is 29.1. The maximum Gasteiger partial charge on any atom is 0.472 e. The number of carbonyl (C=O) groups is 4. The van der Waals surface area contributed by atoms with Crippen molar-refractivity contribution in [2.75, 3.05) is 52.9 Å². The van der Waals surface area contributed by atoms with Gasteiger partial charge in [-0.2, -0.15) is 0 Å².